The van der Waals surface area contributed by atoms with Gasteiger partial charge < -0.3 is 10.2 Å². The molecule has 1 aromatic rings. The van der Waals surface area contributed by atoms with E-state index in [1.807, 2.05) is 0 Å². The Morgan fingerprint density at radius 2 is 1.56 bits per heavy atom. The molecule has 0 spiro atoms. The number of carbonyl (C=O) groups is 2. The van der Waals surface area contributed by atoms with E-state index in [0.717, 1.165) is 18.2 Å². The van der Waals surface area contributed by atoms with Crippen molar-refractivity contribution in [2.45, 2.75) is 11.8 Å². The maximum Gasteiger partial charge on any atom is 0.335 e. The number of carboxylic acid groups (broad SMARTS) is 2. The Labute approximate surface area is 103 Å². The predicted molar refractivity (Wildman–Crippen MR) is 59.2 cm³/mol. The summed E-state index contributed by atoms with van der Waals surface area (Å²) in [6.07, 6.45) is 0. The van der Waals surface area contributed by atoms with Gasteiger partial charge in [0.15, 0.2) is 0 Å². The molecule has 0 saturated carbocycles. The Bertz CT molecular complexity index is 556. The van der Waals surface area contributed by atoms with Crippen LogP contribution in [0.15, 0.2) is 23.1 Å². The number of benzene rings is 1. The fourth-order valence-corrected chi connectivity index (χ4v) is 2.20. The minimum absolute atomic E-state index is 0.137. The zero-order valence-corrected chi connectivity index (χ0v) is 10.1. The molecule has 7 nitrogen and oxygen atoms in total. The highest BCUT2D eigenvalue weighted by molar-refractivity contribution is 7.86. The first-order valence-corrected chi connectivity index (χ1v) is 6.20. The minimum atomic E-state index is -4.15. The van der Waals surface area contributed by atoms with Gasteiger partial charge in [-0.05, 0) is 25.1 Å². The smallest absolute Gasteiger partial charge is 0.335 e. The number of carboxylic acids is 2. The van der Waals surface area contributed by atoms with Crippen molar-refractivity contribution in [3.05, 3.63) is 29.3 Å². The molecule has 1 aromatic carbocycles. The minimum Gasteiger partial charge on any atom is -0.478 e. The molecule has 0 radical (unpaired) electrons. The molecule has 0 atom stereocenters. The Hall–Kier alpha value is -1.93. The van der Waals surface area contributed by atoms with Gasteiger partial charge in [-0.2, -0.15) is 8.42 Å². The third-order valence-corrected chi connectivity index (χ3v) is 3.32. The van der Waals surface area contributed by atoms with Crippen LogP contribution < -0.4 is 0 Å². The van der Waals surface area contributed by atoms with Crippen LogP contribution in [0, 0.1) is 0 Å². The van der Waals surface area contributed by atoms with Gasteiger partial charge in [0.25, 0.3) is 10.1 Å². The monoisotopic (exact) mass is 274 g/mol. The molecule has 1 rings (SSSR count). The van der Waals surface area contributed by atoms with Gasteiger partial charge >= 0.3 is 11.9 Å². The summed E-state index contributed by atoms with van der Waals surface area (Å²) in [5, 5.41) is 17.6. The lowest BCUT2D eigenvalue weighted by Crippen LogP contribution is -2.10. The molecule has 98 valence electrons. The lowest BCUT2D eigenvalue weighted by molar-refractivity contribution is 0.0696. The first kappa shape index (κ1) is 14.1. The fraction of sp³-hybridized carbons (Fsp3) is 0.200. The number of aromatic carboxylic acids is 2. The molecule has 2 N–H and O–H groups in total. The number of hydrogen-bond acceptors (Lipinski definition) is 5. The maximum atomic E-state index is 11.6. The van der Waals surface area contributed by atoms with Crippen LogP contribution >= 0.6 is 0 Å². The average Bonchev–Trinajstić information content (AvgIpc) is 2.28. The Morgan fingerprint density at radius 1 is 1.11 bits per heavy atom. The Balaban J connectivity index is 3.45. The van der Waals surface area contributed by atoms with Crippen LogP contribution in [0.5, 0.6) is 0 Å². The summed E-state index contributed by atoms with van der Waals surface area (Å²) in [5.41, 5.74) is -0.874. The highest BCUT2D eigenvalue weighted by atomic mass is 32.2. The van der Waals surface area contributed by atoms with Gasteiger partial charge in [-0.1, -0.05) is 0 Å². The van der Waals surface area contributed by atoms with Gasteiger partial charge in [0.1, 0.15) is 0 Å². The van der Waals surface area contributed by atoms with Crippen molar-refractivity contribution in [3.63, 3.8) is 0 Å². The molecule has 0 aliphatic rings. The van der Waals surface area contributed by atoms with Gasteiger partial charge in [-0.3, -0.25) is 4.18 Å². The molecule has 0 amide bonds. The molecule has 8 heteroatoms. The van der Waals surface area contributed by atoms with Crippen LogP contribution in [0.3, 0.4) is 0 Å². The second kappa shape index (κ2) is 5.15. The first-order chi connectivity index (χ1) is 8.27. The zero-order valence-electron chi connectivity index (χ0n) is 9.28. The predicted octanol–water partition coefficient (Wildman–Crippen LogP) is 0.808. The van der Waals surface area contributed by atoms with E-state index in [-0.39, 0.29) is 6.61 Å². The van der Waals surface area contributed by atoms with E-state index in [0.29, 0.717) is 0 Å². The molecule has 0 aliphatic carbocycles. The molecule has 0 unspecified atom stereocenters. The summed E-state index contributed by atoms with van der Waals surface area (Å²) in [6.45, 7) is 1.30. The highest BCUT2D eigenvalue weighted by Gasteiger charge is 2.20. The summed E-state index contributed by atoms with van der Waals surface area (Å²) in [4.78, 5) is 21.1. The van der Waals surface area contributed by atoms with Crippen molar-refractivity contribution in [1.29, 1.82) is 0 Å². The second-order valence-corrected chi connectivity index (χ2v) is 4.83. The van der Waals surface area contributed by atoms with Gasteiger partial charge in [0.2, 0.25) is 0 Å². The second-order valence-electron chi connectivity index (χ2n) is 3.22. The SMILES string of the molecule is CCOS(=O)(=O)c1cc(C(=O)O)cc(C(=O)O)c1. The standard InChI is InChI=1S/C10H10O7S/c1-2-17-18(15,16)8-4-6(9(11)12)3-7(5-8)10(13)14/h3-5H,2H2,1H3,(H,11,12)(H,13,14). The molecule has 0 aliphatic heterocycles. The topological polar surface area (TPSA) is 118 Å². The quantitative estimate of drug-likeness (QED) is 0.762. The largest absolute Gasteiger partial charge is 0.478 e. The summed E-state index contributed by atoms with van der Waals surface area (Å²) < 4.78 is 27.6. The lowest BCUT2D eigenvalue weighted by Gasteiger charge is -2.06. The third kappa shape index (κ3) is 3.05. The average molecular weight is 274 g/mol. The molecular weight excluding hydrogens is 264 g/mol. The highest BCUT2D eigenvalue weighted by Crippen LogP contribution is 2.18. The van der Waals surface area contributed by atoms with Crippen LogP contribution in [-0.4, -0.2) is 37.2 Å². The van der Waals surface area contributed by atoms with Gasteiger partial charge in [-0.25, -0.2) is 9.59 Å². The van der Waals surface area contributed by atoms with Gasteiger partial charge in [0, 0.05) is 0 Å². The van der Waals surface area contributed by atoms with Crippen LogP contribution in [0.2, 0.25) is 0 Å². The Morgan fingerprint density at radius 3 is 1.89 bits per heavy atom. The van der Waals surface area contributed by atoms with E-state index in [2.05, 4.69) is 4.18 Å². The fourth-order valence-electron chi connectivity index (χ4n) is 1.21. The van der Waals surface area contributed by atoms with E-state index in [1.165, 1.54) is 6.92 Å². The molecule has 18 heavy (non-hydrogen) atoms. The summed E-state index contributed by atoms with van der Waals surface area (Å²) >= 11 is 0. The molecule has 0 aromatic heterocycles. The van der Waals surface area contributed by atoms with Crippen molar-refractivity contribution in [1.82, 2.24) is 0 Å². The number of hydrogen-bond donors (Lipinski definition) is 2. The van der Waals surface area contributed by atoms with E-state index in [4.69, 9.17) is 10.2 Å². The molecule has 0 saturated heterocycles. The van der Waals surface area contributed by atoms with E-state index >= 15 is 0 Å². The van der Waals surface area contributed by atoms with Crippen LogP contribution in [0.4, 0.5) is 0 Å². The van der Waals surface area contributed by atoms with Crippen molar-refractivity contribution >= 4 is 22.1 Å². The van der Waals surface area contributed by atoms with Gasteiger partial charge in [0.05, 0.1) is 22.6 Å². The van der Waals surface area contributed by atoms with Crippen molar-refractivity contribution in [2.75, 3.05) is 6.61 Å². The van der Waals surface area contributed by atoms with Crippen molar-refractivity contribution in [2.24, 2.45) is 0 Å². The third-order valence-electron chi connectivity index (χ3n) is 1.96. The number of rotatable bonds is 5. The maximum absolute atomic E-state index is 11.6. The molecule has 0 fully saturated rings. The van der Waals surface area contributed by atoms with Crippen LogP contribution in [0.25, 0.3) is 0 Å². The zero-order chi connectivity index (χ0) is 13.9. The molecule has 0 heterocycles. The van der Waals surface area contributed by atoms with Crippen molar-refractivity contribution < 1.29 is 32.4 Å². The summed E-state index contributed by atoms with van der Waals surface area (Å²) in [6, 6.07) is 2.56. The molecule has 0 bridgehead atoms. The summed E-state index contributed by atoms with van der Waals surface area (Å²) in [5.74, 6) is -2.85. The van der Waals surface area contributed by atoms with E-state index in [9.17, 15) is 18.0 Å². The van der Waals surface area contributed by atoms with Crippen LogP contribution in [0.1, 0.15) is 27.6 Å². The van der Waals surface area contributed by atoms with Crippen LogP contribution in [-0.2, 0) is 14.3 Å². The normalized spacial score (nSPS) is 11.2. The van der Waals surface area contributed by atoms with Gasteiger partial charge in [-0.15, -0.1) is 0 Å². The van der Waals surface area contributed by atoms with Crippen molar-refractivity contribution in [3.8, 4) is 0 Å². The lowest BCUT2D eigenvalue weighted by atomic mass is 10.1. The Kier molecular flexibility index (Phi) is 4.04. The molecular formula is C10H10O7S. The van der Waals surface area contributed by atoms with E-state index in [1.54, 1.807) is 0 Å². The first-order valence-electron chi connectivity index (χ1n) is 4.79. The van der Waals surface area contributed by atoms with E-state index < -0.39 is 38.1 Å². The summed E-state index contributed by atoms with van der Waals surface area (Å²) in [7, 11) is -4.15.